The second kappa shape index (κ2) is 5.39. The number of aromatic nitrogens is 3. The number of aryl methyl sites for hydroxylation is 1. The van der Waals surface area contributed by atoms with E-state index in [1.54, 1.807) is 10.9 Å². The number of carbonyl (C=O) groups is 1. The summed E-state index contributed by atoms with van der Waals surface area (Å²) < 4.78 is 1.74. The van der Waals surface area contributed by atoms with Gasteiger partial charge in [0.05, 0.1) is 17.1 Å². The van der Waals surface area contributed by atoms with Crippen molar-refractivity contribution in [2.75, 3.05) is 5.32 Å². The van der Waals surface area contributed by atoms with Crippen LogP contribution in [0, 0.1) is 0 Å². The van der Waals surface area contributed by atoms with Crippen LogP contribution in [-0.4, -0.2) is 20.7 Å². The van der Waals surface area contributed by atoms with E-state index in [9.17, 15) is 4.79 Å². The lowest BCUT2D eigenvalue weighted by Crippen LogP contribution is -2.13. The van der Waals surface area contributed by atoms with Crippen LogP contribution in [-0.2, 0) is 20.1 Å². The molecule has 3 heterocycles. The molecule has 0 saturated heterocycles. The molecule has 6 nitrogen and oxygen atoms in total. The standard InChI is InChI=1S/C19H19N5O/c1-24-18-16(10-21-24)15(7-17(23-18)11-2-3-11)19(25)22-14-5-4-12-8-20-9-13(12)6-14/h4-7,10-11,20H,2-3,8-9H2,1H3,(H,22,25). The van der Waals surface area contributed by atoms with Crippen LogP contribution >= 0.6 is 0 Å². The molecule has 1 aliphatic carbocycles. The van der Waals surface area contributed by atoms with Gasteiger partial charge in [-0.1, -0.05) is 6.07 Å². The van der Waals surface area contributed by atoms with Gasteiger partial charge in [-0.05, 0) is 42.2 Å². The van der Waals surface area contributed by atoms with Crippen molar-refractivity contribution in [3.05, 3.63) is 52.8 Å². The highest BCUT2D eigenvalue weighted by Crippen LogP contribution is 2.40. The Hall–Kier alpha value is -2.73. The third-order valence-electron chi connectivity index (χ3n) is 5.06. The molecule has 1 fully saturated rings. The van der Waals surface area contributed by atoms with E-state index in [2.05, 4.69) is 27.9 Å². The number of carbonyl (C=O) groups excluding carboxylic acids is 1. The highest BCUT2D eigenvalue weighted by atomic mass is 16.1. The first-order valence-electron chi connectivity index (χ1n) is 8.65. The molecule has 2 aromatic heterocycles. The largest absolute Gasteiger partial charge is 0.322 e. The van der Waals surface area contributed by atoms with Crippen molar-refractivity contribution in [1.82, 2.24) is 20.1 Å². The second-order valence-electron chi connectivity index (χ2n) is 6.92. The molecule has 25 heavy (non-hydrogen) atoms. The zero-order valence-electron chi connectivity index (χ0n) is 14.0. The number of hydrogen-bond acceptors (Lipinski definition) is 4. The Kier molecular flexibility index (Phi) is 3.15. The summed E-state index contributed by atoms with van der Waals surface area (Å²) in [6, 6.07) is 8.03. The summed E-state index contributed by atoms with van der Waals surface area (Å²) in [7, 11) is 1.86. The number of pyridine rings is 1. The Bertz CT molecular complexity index is 1000. The van der Waals surface area contributed by atoms with Crippen LogP contribution in [0.2, 0.25) is 0 Å². The van der Waals surface area contributed by atoms with E-state index in [1.807, 2.05) is 19.2 Å². The third kappa shape index (κ3) is 2.49. The molecule has 0 unspecified atom stereocenters. The predicted octanol–water partition coefficient (Wildman–Crippen LogP) is 2.70. The van der Waals surface area contributed by atoms with Crippen LogP contribution in [0.1, 0.15) is 45.9 Å². The summed E-state index contributed by atoms with van der Waals surface area (Å²) in [5.74, 6) is 0.380. The lowest BCUT2D eigenvalue weighted by molar-refractivity contribution is 0.102. The molecule has 2 N–H and O–H groups in total. The van der Waals surface area contributed by atoms with Gasteiger partial charge in [0, 0.05) is 37.4 Å². The maximum Gasteiger partial charge on any atom is 0.256 e. The maximum atomic E-state index is 12.9. The number of rotatable bonds is 3. The topological polar surface area (TPSA) is 71.8 Å². The van der Waals surface area contributed by atoms with Gasteiger partial charge < -0.3 is 10.6 Å². The molecule has 0 atom stereocenters. The molecule has 5 rings (SSSR count). The van der Waals surface area contributed by atoms with E-state index in [0.717, 1.165) is 48.3 Å². The Morgan fingerprint density at radius 3 is 2.92 bits per heavy atom. The SMILES string of the molecule is Cn1ncc2c(C(=O)Nc3ccc4c(c3)CNC4)cc(C3CC3)nc21. The quantitative estimate of drug-likeness (QED) is 0.773. The zero-order valence-corrected chi connectivity index (χ0v) is 14.0. The summed E-state index contributed by atoms with van der Waals surface area (Å²) in [6.45, 7) is 1.75. The fourth-order valence-electron chi connectivity index (χ4n) is 3.48. The third-order valence-corrected chi connectivity index (χ3v) is 5.06. The first-order chi connectivity index (χ1) is 12.2. The molecule has 1 aliphatic heterocycles. The molecule has 1 amide bonds. The molecule has 0 spiro atoms. The smallest absolute Gasteiger partial charge is 0.256 e. The van der Waals surface area contributed by atoms with Crippen molar-refractivity contribution in [2.24, 2.45) is 7.05 Å². The van der Waals surface area contributed by atoms with E-state index in [0.29, 0.717) is 11.5 Å². The molecule has 3 aromatic rings. The average molecular weight is 333 g/mol. The minimum absolute atomic E-state index is 0.104. The van der Waals surface area contributed by atoms with Crippen molar-refractivity contribution in [1.29, 1.82) is 0 Å². The van der Waals surface area contributed by atoms with Gasteiger partial charge in [-0.2, -0.15) is 5.10 Å². The Balaban J connectivity index is 1.52. The number of amides is 1. The van der Waals surface area contributed by atoms with Crippen LogP contribution in [0.4, 0.5) is 5.69 Å². The molecule has 0 bridgehead atoms. The van der Waals surface area contributed by atoms with Crippen LogP contribution < -0.4 is 10.6 Å². The fourth-order valence-corrected chi connectivity index (χ4v) is 3.48. The summed E-state index contributed by atoms with van der Waals surface area (Å²) in [5.41, 5.74) is 5.80. The number of fused-ring (bicyclic) bond motifs is 2. The Morgan fingerprint density at radius 1 is 1.24 bits per heavy atom. The number of anilines is 1. The van der Waals surface area contributed by atoms with Gasteiger partial charge in [0.2, 0.25) is 0 Å². The first kappa shape index (κ1) is 14.6. The normalized spacial score (nSPS) is 16.2. The van der Waals surface area contributed by atoms with E-state index in [1.165, 1.54) is 11.1 Å². The van der Waals surface area contributed by atoms with Crippen molar-refractivity contribution in [3.63, 3.8) is 0 Å². The molecule has 1 aromatic carbocycles. The lowest BCUT2D eigenvalue weighted by Gasteiger charge is -2.09. The average Bonchev–Trinajstić information content (AvgIpc) is 3.26. The summed E-state index contributed by atoms with van der Waals surface area (Å²) in [6.07, 6.45) is 4.02. The van der Waals surface area contributed by atoms with Crippen LogP contribution in [0.3, 0.4) is 0 Å². The molecule has 2 aliphatic rings. The van der Waals surface area contributed by atoms with Crippen molar-refractivity contribution in [2.45, 2.75) is 31.8 Å². The molecule has 126 valence electrons. The van der Waals surface area contributed by atoms with Crippen LogP contribution in [0.15, 0.2) is 30.5 Å². The minimum atomic E-state index is -0.104. The van der Waals surface area contributed by atoms with Gasteiger partial charge in [0.1, 0.15) is 0 Å². The molecule has 1 saturated carbocycles. The monoisotopic (exact) mass is 333 g/mol. The number of hydrogen-bond donors (Lipinski definition) is 2. The fraction of sp³-hybridized carbons (Fsp3) is 0.316. The second-order valence-corrected chi connectivity index (χ2v) is 6.92. The first-order valence-corrected chi connectivity index (χ1v) is 8.65. The van der Waals surface area contributed by atoms with E-state index < -0.39 is 0 Å². The maximum absolute atomic E-state index is 12.9. The van der Waals surface area contributed by atoms with Gasteiger partial charge >= 0.3 is 0 Å². The summed E-state index contributed by atoms with van der Waals surface area (Å²) in [4.78, 5) is 17.6. The van der Waals surface area contributed by atoms with Gasteiger partial charge in [-0.25, -0.2) is 4.98 Å². The van der Waals surface area contributed by atoms with E-state index in [-0.39, 0.29) is 5.91 Å². The predicted molar refractivity (Wildman–Crippen MR) is 95.4 cm³/mol. The number of nitrogens with one attached hydrogen (secondary N) is 2. The zero-order chi connectivity index (χ0) is 17.0. The number of benzene rings is 1. The van der Waals surface area contributed by atoms with Crippen molar-refractivity contribution in [3.8, 4) is 0 Å². The van der Waals surface area contributed by atoms with Crippen molar-refractivity contribution < 1.29 is 4.79 Å². The Labute approximate surface area is 145 Å². The Morgan fingerprint density at radius 2 is 2.08 bits per heavy atom. The molecular weight excluding hydrogens is 314 g/mol. The van der Waals surface area contributed by atoms with Gasteiger partial charge in [0.15, 0.2) is 5.65 Å². The summed E-state index contributed by atoms with van der Waals surface area (Å²) >= 11 is 0. The lowest BCUT2D eigenvalue weighted by atomic mass is 10.1. The van der Waals surface area contributed by atoms with Gasteiger partial charge in [-0.3, -0.25) is 9.48 Å². The van der Waals surface area contributed by atoms with Crippen LogP contribution in [0.5, 0.6) is 0 Å². The van der Waals surface area contributed by atoms with Gasteiger partial charge in [0.25, 0.3) is 5.91 Å². The van der Waals surface area contributed by atoms with E-state index >= 15 is 0 Å². The van der Waals surface area contributed by atoms with E-state index in [4.69, 9.17) is 4.98 Å². The summed E-state index contributed by atoms with van der Waals surface area (Å²) in [5, 5.41) is 11.4. The van der Waals surface area contributed by atoms with Gasteiger partial charge in [-0.15, -0.1) is 0 Å². The molecule has 0 radical (unpaired) electrons. The molecule has 6 heteroatoms. The van der Waals surface area contributed by atoms with Crippen molar-refractivity contribution >= 4 is 22.6 Å². The minimum Gasteiger partial charge on any atom is -0.322 e. The highest BCUT2D eigenvalue weighted by Gasteiger charge is 2.27. The number of nitrogens with zero attached hydrogens (tertiary/aromatic N) is 3. The molecular formula is C19H19N5O. The highest BCUT2D eigenvalue weighted by molar-refractivity contribution is 6.12. The van der Waals surface area contributed by atoms with Crippen LogP contribution in [0.25, 0.3) is 11.0 Å².